The summed E-state index contributed by atoms with van der Waals surface area (Å²) < 4.78 is 0. The Labute approximate surface area is 108 Å². The molecule has 1 aliphatic rings. The van der Waals surface area contributed by atoms with Gasteiger partial charge in [0, 0.05) is 37.8 Å². The van der Waals surface area contributed by atoms with Gasteiger partial charge in [-0.15, -0.1) is 0 Å². The van der Waals surface area contributed by atoms with Crippen molar-refractivity contribution in [3.05, 3.63) is 0 Å². The molecule has 0 radical (unpaired) electrons. The smallest absolute Gasteiger partial charge is 0.0122 e. The Balaban J connectivity index is 2.27. The fourth-order valence-corrected chi connectivity index (χ4v) is 2.16. The molecule has 102 valence electrons. The second kappa shape index (κ2) is 6.17. The SMILES string of the molecule is CC(CCN(C)C(C)(C)C)N1CCN(C)CC1. The van der Waals surface area contributed by atoms with Crippen LogP contribution in [0.1, 0.15) is 34.1 Å². The van der Waals surface area contributed by atoms with Gasteiger partial charge in [-0.25, -0.2) is 0 Å². The molecule has 1 rings (SSSR count). The van der Waals surface area contributed by atoms with Crippen molar-refractivity contribution in [2.24, 2.45) is 0 Å². The van der Waals surface area contributed by atoms with Gasteiger partial charge in [0.05, 0.1) is 0 Å². The van der Waals surface area contributed by atoms with Crippen LogP contribution in [0.15, 0.2) is 0 Å². The van der Waals surface area contributed by atoms with Crippen molar-refractivity contribution in [2.45, 2.75) is 45.7 Å². The molecule has 0 aromatic carbocycles. The van der Waals surface area contributed by atoms with Crippen LogP contribution in [-0.2, 0) is 0 Å². The van der Waals surface area contributed by atoms with Gasteiger partial charge in [0.25, 0.3) is 0 Å². The maximum Gasteiger partial charge on any atom is 0.0122 e. The third-order valence-electron chi connectivity index (χ3n) is 4.19. The third-order valence-corrected chi connectivity index (χ3v) is 4.19. The van der Waals surface area contributed by atoms with Crippen LogP contribution in [0.5, 0.6) is 0 Å². The largest absolute Gasteiger partial charge is 0.304 e. The van der Waals surface area contributed by atoms with Crippen LogP contribution >= 0.6 is 0 Å². The molecular formula is C14H31N3. The Morgan fingerprint density at radius 1 is 1.12 bits per heavy atom. The quantitative estimate of drug-likeness (QED) is 0.742. The Bertz CT molecular complexity index is 214. The molecule has 0 saturated carbocycles. The van der Waals surface area contributed by atoms with E-state index < -0.39 is 0 Å². The van der Waals surface area contributed by atoms with Crippen LogP contribution in [0, 0.1) is 0 Å². The lowest BCUT2D eigenvalue weighted by Gasteiger charge is -2.38. The number of rotatable bonds is 4. The third kappa shape index (κ3) is 4.94. The average Bonchev–Trinajstić information content (AvgIpc) is 2.25. The van der Waals surface area contributed by atoms with E-state index in [1.807, 2.05) is 0 Å². The second-order valence-electron chi connectivity index (χ2n) is 6.57. The molecule has 0 aromatic rings. The van der Waals surface area contributed by atoms with Gasteiger partial charge in [0.15, 0.2) is 0 Å². The number of hydrogen-bond donors (Lipinski definition) is 0. The van der Waals surface area contributed by atoms with Crippen molar-refractivity contribution in [3.63, 3.8) is 0 Å². The van der Waals surface area contributed by atoms with E-state index in [1.54, 1.807) is 0 Å². The van der Waals surface area contributed by atoms with E-state index in [2.05, 4.69) is 56.5 Å². The molecule has 1 fully saturated rings. The van der Waals surface area contributed by atoms with E-state index in [4.69, 9.17) is 0 Å². The van der Waals surface area contributed by atoms with Crippen LogP contribution in [0.4, 0.5) is 0 Å². The van der Waals surface area contributed by atoms with Crippen molar-refractivity contribution in [1.29, 1.82) is 0 Å². The average molecular weight is 241 g/mol. The molecule has 1 atom stereocenters. The second-order valence-corrected chi connectivity index (χ2v) is 6.57. The molecule has 0 amide bonds. The molecule has 1 unspecified atom stereocenters. The first-order chi connectivity index (χ1) is 7.80. The lowest BCUT2D eigenvalue weighted by atomic mass is 10.1. The summed E-state index contributed by atoms with van der Waals surface area (Å²) >= 11 is 0. The van der Waals surface area contributed by atoms with Crippen molar-refractivity contribution in [1.82, 2.24) is 14.7 Å². The van der Waals surface area contributed by atoms with Crippen LogP contribution in [-0.4, -0.2) is 73.1 Å². The standard InChI is InChI=1S/C14H31N3/c1-13(7-8-16(6)14(2,3)4)17-11-9-15(5)10-12-17/h13H,7-12H2,1-6H3. The van der Waals surface area contributed by atoms with Gasteiger partial charge in [0.2, 0.25) is 0 Å². The van der Waals surface area contributed by atoms with E-state index in [0.29, 0.717) is 11.6 Å². The minimum absolute atomic E-state index is 0.293. The van der Waals surface area contributed by atoms with E-state index in [-0.39, 0.29) is 0 Å². The molecule has 17 heavy (non-hydrogen) atoms. The summed E-state index contributed by atoms with van der Waals surface area (Å²) in [6.45, 7) is 15.3. The topological polar surface area (TPSA) is 9.72 Å². The highest BCUT2D eigenvalue weighted by atomic mass is 15.3. The molecule has 3 nitrogen and oxygen atoms in total. The summed E-state index contributed by atoms with van der Waals surface area (Å²) in [5.74, 6) is 0. The van der Waals surface area contributed by atoms with Gasteiger partial charge in [-0.1, -0.05) is 0 Å². The first-order valence-corrected chi connectivity index (χ1v) is 6.94. The molecule has 1 aliphatic heterocycles. The first-order valence-electron chi connectivity index (χ1n) is 6.94. The van der Waals surface area contributed by atoms with E-state index in [1.165, 1.54) is 39.1 Å². The van der Waals surface area contributed by atoms with Crippen molar-refractivity contribution >= 4 is 0 Å². The lowest BCUT2D eigenvalue weighted by molar-refractivity contribution is 0.0975. The Kier molecular flexibility index (Phi) is 5.42. The molecule has 0 N–H and O–H groups in total. The van der Waals surface area contributed by atoms with Gasteiger partial charge in [-0.3, -0.25) is 4.90 Å². The predicted octanol–water partition coefficient (Wildman–Crippen LogP) is 1.74. The Morgan fingerprint density at radius 2 is 1.65 bits per heavy atom. The molecule has 3 heteroatoms. The van der Waals surface area contributed by atoms with Crippen LogP contribution in [0.2, 0.25) is 0 Å². The zero-order valence-corrected chi connectivity index (χ0v) is 12.7. The molecule has 0 bridgehead atoms. The number of hydrogen-bond acceptors (Lipinski definition) is 3. The van der Waals surface area contributed by atoms with Crippen molar-refractivity contribution in [2.75, 3.05) is 46.8 Å². The van der Waals surface area contributed by atoms with E-state index in [0.717, 1.165) is 0 Å². The lowest BCUT2D eigenvalue weighted by Crippen LogP contribution is -2.49. The summed E-state index contributed by atoms with van der Waals surface area (Å²) in [6, 6.07) is 0.716. The highest BCUT2D eigenvalue weighted by molar-refractivity contribution is 4.78. The summed E-state index contributed by atoms with van der Waals surface area (Å²) in [7, 11) is 4.45. The summed E-state index contributed by atoms with van der Waals surface area (Å²) in [4.78, 5) is 7.51. The minimum Gasteiger partial charge on any atom is -0.304 e. The van der Waals surface area contributed by atoms with Gasteiger partial charge in [-0.05, 0) is 54.8 Å². The zero-order valence-electron chi connectivity index (χ0n) is 12.7. The number of piperazine rings is 1. The van der Waals surface area contributed by atoms with Crippen LogP contribution < -0.4 is 0 Å². The van der Waals surface area contributed by atoms with Gasteiger partial charge < -0.3 is 9.80 Å². The van der Waals surface area contributed by atoms with E-state index >= 15 is 0 Å². The summed E-state index contributed by atoms with van der Waals surface area (Å²) in [6.07, 6.45) is 1.28. The molecule has 0 aromatic heterocycles. The molecular weight excluding hydrogens is 210 g/mol. The predicted molar refractivity (Wildman–Crippen MR) is 75.5 cm³/mol. The zero-order chi connectivity index (χ0) is 13.1. The fraction of sp³-hybridized carbons (Fsp3) is 1.00. The van der Waals surface area contributed by atoms with Crippen LogP contribution in [0.25, 0.3) is 0 Å². The van der Waals surface area contributed by atoms with Gasteiger partial charge in [0.1, 0.15) is 0 Å². The fourth-order valence-electron chi connectivity index (χ4n) is 2.16. The maximum atomic E-state index is 2.64. The Hall–Kier alpha value is -0.120. The number of nitrogens with zero attached hydrogens (tertiary/aromatic N) is 3. The highest BCUT2D eigenvalue weighted by Crippen LogP contribution is 2.13. The Morgan fingerprint density at radius 3 is 2.12 bits per heavy atom. The minimum atomic E-state index is 0.293. The number of likely N-dealkylation sites (N-methyl/N-ethyl adjacent to an activating group) is 1. The van der Waals surface area contributed by atoms with E-state index in [9.17, 15) is 0 Å². The molecule has 1 heterocycles. The normalized spacial score (nSPS) is 22.1. The van der Waals surface area contributed by atoms with Crippen molar-refractivity contribution < 1.29 is 0 Å². The first kappa shape index (κ1) is 14.9. The molecule has 0 spiro atoms. The maximum absolute atomic E-state index is 2.64. The monoisotopic (exact) mass is 241 g/mol. The molecule has 0 aliphatic carbocycles. The van der Waals surface area contributed by atoms with Crippen LogP contribution in [0.3, 0.4) is 0 Å². The van der Waals surface area contributed by atoms with Crippen molar-refractivity contribution in [3.8, 4) is 0 Å². The summed E-state index contributed by atoms with van der Waals surface area (Å²) in [5.41, 5.74) is 0.293. The summed E-state index contributed by atoms with van der Waals surface area (Å²) in [5, 5.41) is 0. The molecule has 1 saturated heterocycles. The van der Waals surface area contributed by atoms with Gasteiger partial charge in [-0.2, -0.15) is 0 Å². The van der Waals surface area contributed by atoms with Gasteiger partial charge >= 0.3 is 0 Å². The highest BCUT2D eigenvalue weighted by Gasteiger charge is 2.21.